The summed E-state index contributed by atoms with van der Waals surface area (Å²) in [5, 5.41) is 15.1. The van der Waals surface area contributed by atoms with Crippen LogP contribution in [0.2, 0.25) is 0 Å². The lowest BCUT2D eigenvalue weighted by Crippen LogP contribution is -2.18. The lowest BCUT2D eigenvalue weighted by Gasteiger charge is -2.17. The van der Waals surface area contributed by atoms with E-state index in [1.807, 2.05) is 24.3 Å². The van der Waals surface area contributed by atoms with Crippen LogP contribution in [0.5, 0.6) is 0 Å². The predicted molar refractivity (Wildman–Crippen MR) is 90.4 cm³/mol. The summed E-state index contributed by atoms with van der Waals surface area (Å²) >= 11 is 0. The Bertz CT molecular complexity index is 825. The minimum atomic E-state index is 0.247. The predicted octanol–water partition coefficient (Wildman–Crippen LogP) is 4.56. The molecule has 2 nitrogen and oxygen atoms in total. The van der Waals surface area contributed by atoms with Crippen LogP contribution >= 0.6 is 0 Å². The molecule has 0 aliphatic heterocycles. The summed E-state index contributed by atoms with van der Waals surface area (Å²) in [6.45, 7) is 2.93. The molecule has 0 bridgehead atoms. The van der Waals surface area contributed by atoms with Crippen molar-refractivity contribution in [1.82, 2.24) is 5.32 Å². The van der Waals surface area contributed by atoms with E-state index < -0.39 is 0 Å². The van der Waals surface area contributed by atoms with Gasteiger partial charge in [0.2, 0.25) is 0 Å². The van der Waals surface area contributed by atoms with Crippen molar-refractivity contribution in [2.45, 2.75) is 19.5 Å². The van der Waals surface area contributed by atoms with E-state index in [-0.39, 0.29) is 6.04 Å². The second-order valence-electron chi connectivity index (χ2n) is 5.48. The number of benzene rings is 3. The van der Waals surface area contributed by atoms with Crippen LogP contribution in [0.15, 0.2) is 66.7 Å². The fourth-order valence-corrected chi connectivity index (χ4v) is 2.76. The highest BCUT2D eigenvalue weighted by Crippen LogP contribution is 2.24. The van der Waals surface area contributed by atoms with Gasteiger partial charge in [0.25, 0.3) is 0 Å². The standard InChI is InChI=1S/C20H18N2/c1-15(22-14-17-7-4-6-16(12-17)13-21)19-11-5-9-18-8-2-3-10-20(18)19/h2-12,15,22H,14H2,1H3. The third kappa shape index (κ3) is 3.00. The molecule has 0 radical (unpaired) electrons. The molecule has 3 aromatic carbocycles. The monoisotopic (exact) mass is 286 g/mol. The zero-order chi connectivity index (χ0) is 15.4. The highest BCUT2D eigenvalue weighted by Gasteiger charge is 2.08. The third-order valence-corrected chi connectivity index (χ3v) is 3.96. The average Bonchev–Trinajstić information content (AvgIpc) is 2.59. The van der Waals surface area contributed by atoms with Crippen LogP contribution in [0.4, 0.5) is 0 Å². The number of nitrogens with one attached hydrogen (secondary N) is 1. The molecule has 0 aromatic heterocycles. The minimum Gasteiger partial charge on any atom is -0.306 e. The second kappa shape index (κ2) is 6.43. The molecule has 22 heavy (non-hydrogen) atoms. The normalized spacial score (nSPS) is 12.0. The van der Waals surface area contributed by atoms with Gasteiger partial charge in [-0.2, -0.15) is 5.26 Å². The van der Waals surface area contributed by atoms with Gasteiger partial charge in [-0.25, -0.2) is 0 Å². The summed E-state index contributed by atoms with van der Waals surface area (Å²) in [6.07, 6.45) is 0. The van der Waals surface area contributed by atoms with Crippen LogP contribution in [-0.2, 0) is 6.54 Å². The quantitative estimate of drug-likeness (QED) is 0.763. The average molecular weight is 286 g/mol. The number of hydrogen-bond donors (Lipinski definition) is 1. The van der Waals surface area contributed by atoms with Crippen LogP contribution in [0.25, 0.3) is 10.8 Å². The maximum atomic E-state index is 8.97. The van der Waals surface area contributed by atoms with Crippen molar-refractivity contribution >= 4 is 10.8 Å². The van der Waals surface area contributed by atoms with Crippen molar-refractivity contribution in [2.75, 3.05) is 0 Å². The maximum Gasteiger partial charge on any atom is 0.0991 e. The highest BCUT2D eigenvalue weighted by molar-refractivity contribution is 5.86. The van der Waals surface area contributed by atoms with Crippen LogP contribution in [0.3, 0.4) is 0 Å². The van der Waals surface area contributed by atoms with Crippen LogP contribution in [-0.4, -0.2) is 0 Å². The Balaban J connectivity index is 1.79. The Morgan fingerprint density at radius 1 is 1.00 bits per heavy atom. The molecule has 1 N–H and O–H groups in total. The van der Waals surface area contributed by atoms with E-state index >= 15 is 0 Å². The molecule has 108 valence electrons. The fraction of sp³-hybridized carbons (Fsp3) is 0.150. The van der Waals surface area contributed by atoms with Crippen molar-refractivity contribution in [3.05, 3.63) is 83.4 Å². The van der Waals surface area contributed by atoms with Gasteiger partial charge < -0.3 is 5.32 Å². The molecule has 0 fully saturated rings. The van der Waals surface area contributed by atoms with Gasteiger partial charge in [0.1, 0.15) is 0 Å². The second-order valence-corrected chi connectivity index (χ2v) is 5.48. The van der Waals surface area contributed by atoms with Gasteiger partial charge in [-0.3, -0.25) is 0 Å². The van der Waals surface area contributed by atoms with Gasteiger partial charge >= 0.3 is 0 Å². The number of nitrogens with zero attached hydrogens (tertiary/aromatic N) is 1. The molecule has 0 heterocycles. The largest absolute Gasteiger partial charge is 0.306 e. The molecule has 3 rings (SSSR count). The Morgan fingerprint density at radius 2 is 1.77 bits per heavy atom. The molecule has 0 saturated heterocycles. The van der Waals surface area contributed by atoms with E-state index in [1.54, 1.807) is 0 Å². The van der Waals surface area contributed by atoms with Gasteiger partial charge in [0.05, 0.1) is 11.6 Å². The van der Waals surface area contributed by atoms with Gasteiger partial charge in [0.15, 0.2) is 0 Å². The Kier molecular flexibility index (Phi) is 4.18. The first kappa shape index (κ1) is 14.3. The molecule has 1 atom stereocenters. The van der Waals surface area contributed by atoms with Gasteiger partial charge in [-0.05, 0) is 41.0 Å². The molecule has 0 aliphatic rings. The summed E-state index contributed by atoms with van der Waals surface area (Å²) < 4.78 is 0. The summed E-state index contributed by atoms with van der Waals surface area (Å²) in [7, 11) is 0. The highest BCUT2D eigenvalue weighted by atomic mass is 14.9. The van der Waals surface area contributed by atoms with Crippen molar-refractivity contribution in [3.8, 4) is 6.07 Å². The Labute approximate surface area is 131 Å². The molecule has 0 amide bonds. The molecule has 0 spiro atoms. The van der Waals surface area contributed by atoms with E-state index in [4.69, 9.17) is 5.26 Å². The van der Waals surface area contributed by atoms with Crippen molar-refractivity contribution in [1.29, 1.82) is 5.26 Å². The number of hydrogen-bond acceptors (Lipinski definition) is 2. The molecule has 0 saturated carbocycles. The Morgan fingerprint density at radius 3 is 2.64 bits per heavy atom. The molecule has 1 unspecified atom stereocenters. The zero-order valence-electron chi connectivity index (χ0n) is 12.6. The molecular formula is C20H18N2. The fourth-order valence-electron chi connectivity index (χ4n) is 2.76. The first-order valence-corrected chi connectivity index (χ1v) is 7.48. The van der Waals surface area contributed by atoms with Crippen LogP contribution in [0, 0.1) is 11.3 Å². The van der Waals surface area contributed by atoms with Gasteiger partial charge in [0, 0.05) is 12.6 Å². The summed E-state index contributed by atoms with van der Waals surface area (Å²) in [6, 6.07) is 25.0. The third-order valence-electron chi connectivity index (χ3n) is 3.96. The number of nitriles is 1. The van der Waals surface area contributed by atoms with E-state index in [0.717, 1.165) is 12.1 Å². The van der Waals surface area contributed by atoms with Crippen LogP contribution in [0.1, 0.15) is 29.7 Å². The summed E-state index contributed by atoms with van der Waals surface area (Å²) in [5.41, 5.74) is 3.14. The number of fused-ring (bicyclic) bond motifs is 1. The molecular weight excluding hydrogens is 268 g/mol. The van der Waals surface area contributed by atoms with Crippen LogP contribution < -0.4 is 5.32 Å². The number of rotatable bonds is 4. The van der Waals surface area contributed by atoms with Crippen molar-refractivity contribution in [2.24, 2.45) is 0 Å². The van der Waals surface area contributed by atoms with Gasteiger partial charge in [-0.15, -0.1) is 0 Å². The maximum absolute atomic E-state index is 8.97. The first-order valence-electron chi connectivity index (χ1n) is 7.48. The van der Waals surface area contributed by atoms with E-state index in [1.165, 1.54) is 16.3 Å². The topological polar surface area (TPSA) is 35.8 Å². The lowest BCUT2D eigenvalue weighted by molar-refractivity contribution is 0.578. The van der Waals surface area contributed by atoms with E-state index in [0.29, 0.717) is 5.56 Å². The Hall–Kier alpha value is -2.63. The van der Waals surface area contributed by atoms with E-state index in [9.17, 15) is 0 Å². The summed E-state index contributed by atoms with van der Waals surface area (Å²) in [4.78, 5) is 0. The SMILES string of the molecule is CC(NCc1cccc(C#N)c1)c1cccc2ccccc12. The van der Waals surface area contributed by atoms with Crippen molar-refractivity contribution in [3.63, 3.8) is 0 Å². The van der Waals surface area contributed by atoms with E-state index in [2.05, 4.69) is 60.8 Å². The summed E-state index contributed by atoms with van der Waals surface area (Å²) in [5.74, 6) is 0. The minimum absolute atomic E-state index is 0.247. The first-order chi connectivity index (χ1) is 10.8. The smallest absolute Gasteiger partial charge is 0.0991 e. The molecule has 0 aliphatic carbocycles. The van der Waals surface area contributed by atoms with Gasteiger partial charge in [-0.1, -0.05) is 54.6 Å². The van der Waals surface area contributed by atoms with Crippen molar-refractivity contribution < 1.29 is 0 Å². The zero-order valence-corrected chi connectivity index (χ0v) is 12.6. The lowest BCUT2D eigenvalue weighted by atomic mass is 9.99. The molecule has 2 heteroatoms. The molecule has 3 aromatic rings.